The van der Waals surface area contributed by atoms with E-state index in [0.29, 0.717) is 0 Å². The molecular formula is C54H38N6Ni+. The largest absolute Gasteiger partial charge is 3.00 e. The van der Waals surface area contributed by atoms with Gasteiger partial charge < -0.3 is 9.97 Å². The van der Waals surface area contributed by atoms with Gasteiger partial charge in [-0.1, -0.05) is 158 Å². The van der Waals surface area contributed by atoms with Gasteiger partial charge in [0.2, 0.25) is 0 Å². The molecule has 0 atom stereocenters. The molecule has 9 aromatic rings. The van der Waals surface area contributed by atoms with Crippen LogP contribution in [0.3, 0.4) is 0 Å². The summed E-state index contributed by atoms with van der Waals surface area (Å²) in [5.41, 5.74) is 15.0. The van der Waals surface area contributed by atoms with Crippen molar-refractivity contribution in [2.24, 2.45) is 0 Å². The molecule has 4 aromatic carbocycles. The Bertz CT molecular complexity index is 2620. The molecule has 7 heteroatoms. The molecule has 0 saturated heterocycles. The summed E-state index contributed by atoms with van der Waals surface area (Å²) in [7, 11) is 0. The fourth-order valence-electron chi connectivity index (χ4n) is 7.31. The molecule has 6 nitrogen and oxygen atoms in total. The monoisotopic (exact) mass is 828 g/mol. The average molecular weight is 830 g/mol. The van der Waals surface area contributed by atoms with Crippen LogP contribution in [-0.4, -0.2) is 19.9 Å². The number of benzene rings is 4. The van der Waals surface area contributed by atoms with Crippen molar-refractivity contribution in [3.05, 3.63) is 230 Å². The molecule has 293 valence electrons. The van der Waals surface area contributed by atoms with E-state index in [9.17, 15) is 0 Å². The first kappa shape index (κ1) is 40.1. The molecule has 8 bridgehead atoms. The molecule has 0 amide bonds. The fourth-order valence-corrected chi connectivity index (χ4v) is 7.31. The second-order valence-corrected chi connectivity index (χ2v) is 13.9. The molecule has 7 heterocycles. The van der Waals surface area contributed by atoms with Gasteiger partial charge in [0.25, 0.3) is 0 Å². The first-order chi connectivity index (χ1) is 29.8. The van der Waals surface area contributed by atoms with E-state index in [1.54, 1.807) is 24.8 Å². The maximum atomic E-state index is 5.31. The number of fused-ring (bicyclic) bond motifs is 8. The van der Waals surface area contributed by atoms with Gasteiger partial charge in [0, 0.05) is 24.8 Å². The standard InChI is InChI=1S/C44H28N4.2C5H5N.Ni/c1-5-13-29(14-6-1)41-33-21-23-35(45-33)42(30-15-7-2-8-16-30)37-25-27-39(47-37)44(32-19-11-4-12-20-32)40-28-26-38(48-40)43(31-17-9-3-10-18-31)36-24-22-34(41)46-36;2*1-2-4-6-5-3-1;/h1-28H;2*1-5H;/q-2;;;+3. The zero-order valence-corrected chi connectivity index (χ0v) is 33.9. The Morgan fingerprint density at radius 2 is 0.492 bits per heavy atom. The Kier molecular flexibility index (Phi) is 12.7. The first-order valence-electron chi connectivity index (χ1n) is 19.8. The van der Waals surface area contributed by atoms with Crippen molar-refractivity contribution in [2.75, 3.05) is 0 Å². The van der Waals surface area contributed by atoms with Crippen molar-refractivity contribution in [1.82, 2.24) is 29.9 Å². The third-order valence-electron chi connectivity index (χ3n) is 9.99. The molecule has 61 heavy (non-hydrogen) atoms. The fraction of sp³-hybridized carbons (Fsp3) is 0. The molecular weight excluding hydrogens is 791 g/mol. The maximum Gasteiger partial charge on any atom is 3.00 e. The van der Waals surface area contributed by atoms with Crippen LogP contribution < -0.4 is 9.97 Å². The molecule has 0 aliphatic carbocycles. The molecule has 0 spiro atoms. The topological polar surface area (TPSA) is 79.8 Å². The maximum absolute atomic E-state index is 5.31. The Hall–Kier alpha value is -7.73. The van der Waals surface area contributed by atoms with Crippen molar-refractivity contribution in [3.8, 4) is 44.5 Å². The smallest absolute Gasteiger partial charge is 0.657 e. The van der Waals surface area contributed by atoms with E-state index < -0.39 is 0 Å². The van der Waals surface area contributed by atoms with Gasteiger partial charge in [-0.3, -0.25) is 9.97 Å². The van der Waals surface area contributed by atoms with Crippen LogP contribution in [0.1, 0.15) is 22.8 Å². The molecule has 0 N–H and O–H groups in total. The van der Waals surface area contributed by atoms with Gasteiger partial charge in [-0.2, -0.15) is 0 Å². The van der Waals surface area contributed by atoms with Crippen LogP contribution in [0, 0.1) is 0 Å². The van der Waals surface area contributed by atoms with Crippen molar-refractivity contribution in [1.29, 1.82) is 0 Å². The third kappa shape index (κ3) is 9.13. The summed E-state index contributed by atoms with van der Waals surface area (Å²) >= 11 is 0. The number of pyridine rings is 2. The molecule has 0 saturated carbocycles. The van der Waals surface area contributed by atoms with Gasteiger partial charge in [-0.05, 0) is 93.1 Å². The normalized spacial score (nSPS) is 11.0. The Balaban J connectivity index is 0.000000342. The Labute approximate surface area is 365 Å². The van der Waals surface area contributed by atoms with Crippen LogP contribution in [0.5, 0.6) is 0 Å². The zero-order valence-electron chi connectivity index (χ0n) is 32.9. The second-order valence-electron chi connectivity index (χ2n) is 13.9. The summed E-state index contributed by atoms with van der Waals surface area (Å²) < 4.78 is 0. The summed E-state index contributed by atoms with van der Waals surface area (Å²) in [5.74, 6) is 0. The van der Waals surface area contributed by atoms with E-state index in [1.165, 1.54) is 0 Å². The van der Waals surface area contributed by atoms with Crippen LogP contribution >= 0.6 is 0 Å². The van der Waals surface area contributed by atoms with Gasteiger partial charge in [0.05, 0.1) is 22.8 Å². The predicted octanol–water partition coefficient (Wildman–Crippen LogP) is 12.7. The minimum atomic E-state index is 0. The molecule has 5 aromatic heterocycles. The van der Waals surface area contributed by atoms with Gasteiger partial charge in [0.15, 0.2) is 0 Å². The van der Waals surface area contributed by atoms with Crippen molar-refractivity contribution < 1.29 is 16.5 Å². The summed E-state index contributed by atoms with van der Waals surface area (Å²) in [4.78, 5) is 28.8. The van der Waals surface area contributed by atoms with Crippen LogP contribution in [0.15, 0.2) is 207 Å². The van der Waals surface area contributed by atoms with Crippen molar-refractivity contribution in [3.63, 3.8) is 0 Å². The molecule has 1 radical (unpaired) electrons. The number of hydrogen-bond donors (Lipinski definition) is 0. The Morgan fingerprint density at radius 3 is 0.689 bits per heavy atom. The van der Waals surface area contributed by atoms with Crippen molar-refractivity contribution in [2.45, 2.75) is 0 Å². The molecule has 0 unspecified atom stereocenters. The van der Waals surface area contributed by atoms with E-state index in [1.807, 2.05) is 60.7 Å². The molecule has 11 rings (SSSR count). The molecule has 2 aliphatic rings. The van der Waals surface area contributed by atoms with Gasteiger partial charge in [-0.15, -0.1) is 22.1 Å². The third-order valence-corrected chi connectivity index (χ3v) is 9.99. The number of nitrogens with zero attached hydrogens (tertiary/aromatic N) is 6. The van der Waals surface area contributed by atoms with Crippen molar-refractivity contribution >= 4 is 46.4 Å². The van der Waals surface area contributed by atoms with E-state index in [-0.39, 0.29) is 16.5 Å². The molecule has 0 fully saturated rings. The number of aromatic nitrogens is 6. The van der Waals surface area contributed by atoms with E-state index >= 15 is 0 Å². The average Bonchev–Trinajstić information content (AvgIpc) is 4.18. The first-order valence-corrected chi connectivity index (χ1v) is 19.8. The zero-order chi connectivity index (χ0) is 40.4. The SMILES string of the molecule is C1=Cc2nc1c(-c1ccccc1)c1ccc([n-]1)c(-c1ccccc1)c1nc(c(-c3ccccc3)c3ccc([n-]3)c2-c2ccccc2)C=C1.[Ni+3].c1ccncc1.c1ccncc1. The van der Waals surface area contributed by atoms with E-state index in [0.717, 1.165) is 89.4 Å². The summed E-state index contributed by atoms with van der Waals surface area (Å²) in [6.07, 6.45) is 15.4. The second kappa shape index (κ2) is 19.4. The van der Waals surface area contributed by atoms with E-state index in [4.69, 9.17) is 19.9 Å². The molecule has 2 aliphatic heterocycles. The van der Waals surface area contributed by atoms with Gasteiger partial charge in [-0.25, -0.2) is 9.97 Å². The van der Waals surface area contributed by atoms with Crippen LogP contribution in [-0.2, 0) is 16.5 Å². The van der Waals surface area contributed by atoms with Crippen LogP contribution in [0.2, 0.25) is 0 Å². The summed E-state index contributed by atoms with van der Waals surface area (Å²) in [5, 5.41) is 0. The van der Waals surface area contributed by atoms with Crippen LogP contribution in [0.4, 0.5) is 0 Å². The Morgan fingerprint density at radius 1 is 0.262 bits per heavy atom. The quantitative estimate of drug-likeness (QED) is 0.164. The van der Waals surface area contributed by atoms with E-state index in [2.05, 4.69) is 156 Å². The minimum Gasteiger partial charge on any atom is -0.657 e. The van der Waals surface area contributed by atoms with Gasteiger partial charge >= 0.3 is 16.5 Å². The van der Waals surface area contributed by atoms with Gasteiger partial charge in [0.1, 0.15) is 0 Å². The number of rotatable bonds is 4. The van der Waals surface area contributed by atoms with Crippen LogP contribution in [0.25, 0.3) is 90.9 Å². The predicted molar refractivity (Wildman–Crippen MR) is 247 cm³/mol. The summed E-state index contributed by atoms with van der Waals surface area (Å²) in [6, 6.07) is 61.4. The number of hydrogen-bond acceptors (Lipinski definition) is 4. The minimum absolute atomic E-state index is 0. The summed E-state index contributed by atoms with van der Waals surface area (Å²) in [6.45, 7) is 0.